The van der Waals surface area contributed by atoms with E-state index in [0.717, 1.165) is 12.0 Å². The van der Waals surface area contributed by atoms with Gasteiger partial charge in [0.25, 0.3) is 5.91 Å². The zero-order chi connectivity index (χ0) is 23.5. The molecule has 4 aromatic rings. The number of fused-ring (bicyclic) bond motifs is 1. The first-order chi connectivity index (χ1) is 16.4. The van der Waals surface area contributed by atoms with Crippen LogP contribution in [0.1, 0.15) is 60.0 Å². The van der Waals surface area contributed by atoms with Gasteiger partial charge in [0, 0.05) is 23.4 Å². The smallest absolute Gasteiger partial charge is 0.274 e. The van der Waals surface area contributed by atoms with Crippen LogP contribution in [0.2, 0.25) is 0 Å². The second-order valence-corrected chi connectivity index (χ2v) is 9.53. The predicted octanol–water partition coefficient (Wildman–Crippen LogP) is 3.47. The molecule has 2 aliphatic rings. The van der Waals surface area contributed by atoms with Crippen LogP contribution >= 0.6 is 0 Å². The van der Waals surface area contributed by atoms with Crippen LogP contribution in [-0.4, -0.2) is 46.8 Å². The van der Waals surface area contributed by atoms with Crippen LogP contribution in [-0.2, 0) is 0 Å². The van der Waals surface area contributed by atoms with Crippen molar-refractivity contribution in [1.29, 1.82) is 0 Å². The molecule has 3 N–H and O–H groups in total. The van der Waals surface area contributed by atoms with Gasteiger partial charge in [-0.1, -0.05) is 23.4 Å². The first-order valence-corrected chi connectivity index (χ1v) is 11.5. The summed E-state index contributed by atoms with van der Waals surface area (Å²) in [7, 11) is 0. The van der Waals surface area contributed by atoms with Gasteiger partial charge in [0.05, 0.1) is 17.4 Å². The zero-order valence-electron chi connectivity index (χ0n) is 18.7. The molecule has 9 nitrogen and oxygen atoms in total. The Morgan fingerprint density at radius 2 is 2.00 bits per heavy atom. The third-order valence-electron chi connectivity index (χ3n) is 7.40. The normalized spacial score (nSPS) is 23.3. The van der Waals surface area contributed by atoms with E-state index in [-0.39, 0.29) is 11.8 Å². The standard InChI is InChI=1S/C25H25N5O4/c1-15-6-7-16(11-18(15)27-22(31)19-14-26-20-5-2-3-10-30(19)20)21-28-23(34-29-21)17-12-25(33,13-17)24(32)8-4-9-24/h2-3,5-7,10-11,14,17,32-33H,4,8-9,12-13H2,1H3,(H,27,31). The number of carbonyl (C=O) groups excluding carboxylic acids is 1. The van der Waals surface area contributed by atoms with Gasteiger partial charge in [-0.15, -0.1) is 0 Å². The fourth-order valence-electron chi connectivity index (χ4n) is 4.99. The Bertz CT molecular complexity index is 1400. The van der Waals surface area contributed by atoms with Crippen molar-refractivity contribution in [3.63, 3.8) is 0 Å². The Morgan fingerprint density at radius 3 is 2.76 bits per heavy atom. The van der Waals surface area contributed by atoms with Crippen molar-refractivity contribution in [2.75, 3.05) is 5.32 Å². The van der Waals surface area contributed by atoms with Gasteiger partial charge >= 0.3 is 0 Å². The number of hydrogen-bond acceptors (Lipinski definition) is 7. The minimum absolute atomic E-state index is 0.0735. The number of imidazole rings is 1. The summed E-state index contributed by atoms with van der Waals surface area (Å²) < 4.78 is 7.22. The summed E-state index contributed by atoms with van der Waals surface area (Å²) in [6.07, 6.45) is 6.40. The summed E-state index contributed by atoms with van der Waals surface area (Å²) in [6, 6.07) is 11.1. The number of rotatable bonds is 5. The van der Waals surface area contributed by atoms with E-state index < -0.39 is 11.2 Å². The predicted molar refractivity (Wildman–Crippen MR) is 123 cm³/mol. The molecule has 3 aromatic heterocycles. The second kappa shape index (κ2) is 7.48. The molecule has 1 aromatic carbocycles. The van der Waals surface area contributed by atoms with Crippen molar-refractivity contribution >= 4 is 17.2 Å². The van der Waals surface area contributed by atoms with Crippen molar-refractivity contribution in [3.05, 3.63) is 65.9 Å². The van der Waals surface area contributed by atoms with E-state index in [1.54, 1.807) is 16.8 Å². The van der Waals surface area contributed by atoms with Crippen molar-refractivity contribution in [1.82, 2.24) is 19.5 Å². The molecule has 6 rings (SSSR count). The van der Waals surface area contributed by atoms with Crippen LogP contribution in [0.5, 0.6) is 0 Å². The summed E-state index contributed by atoms with van der Waals surface area (Å²) in [6.45, 7) is 1.91. The lowest BCUT2D eigenvalue weighted by atomic mass is 9.56. The third-order valence-corrected chi connectivity index (χ3v) is 7.40. The highest BCUT2D eigenvalue weighted by Gasteiger charge is 2.60. The molecular formula is C25H25N5O4. The van der Waals surface area contributed by atoms with Gasteiger partial charge in [0.1, 0.15) is 11.3 Å². The van der Waals surface area contributed by atoms with Crippen molar-refractivity contribution in [2.24, 2.45) is 0 Å². The zero-order valence-corrected chi connectivity index (χ0v) is 18.7. The van der Waals surface area contributed by atoms with Gasteiger partial charge in [0.15, 0.2) is 0 Å². The van der Waals surface area contributed by atoms with Crippen LogP contribution in [0.25, 0.3) is 17.0 Å². The molecule has 0 atom stereocenters. The Labute approximate surface area is 195 Å². The highest BCUT2D eigenvalue weighted by atomic mass is 16.5. The van der Waals surface area contributed by atoms with Gasteiger partial charge in [-0.25, -0.2) is 4.98 Å². The molecule has 174 valence electrons. The van der Waals surface area contributed by atoms with Crippen molar-refractivity contribution in [3.8, 4) is 11.4 Å². The molecule has 0 radical (unpaired) electrons. The lowest BCUT2D eigenvalue weighted by molar-refractivity contribution is -0.232. The highest BCUT2D eigenvalue weighted by Crippen LogP contribution is 2.55. The second-order valence-electron chi connectivity index (χ2n) is 9.53. The molecule has 0 spiro atoms. The number of nitrogens with one attached hydrogen (secondary N) is 1. The number of pyridine rings is 1. The minimum Gasteiger partial charge on any atom is -0.387 e. The summed E-state index contributed by atoms with van der Waals surface area (Å²) in [4.78, 5) is 21.7. The molecule has 2 fully saturated rings. The fourth-order valence-corrected chi connectivity index (χ4v) is 4.99. The maximum Gasteiger partial charge on any atom is 0.274 e. The maximum absolute atomic E-state index is 12.9. The number of aryl methyl sites for hydroxylation is 1. The highest BCUT2D eigenvalue weighted by molar-refractivity contribution is 6.04. The molecule has 0 saturated heterocycles. The molecule has 2 aliphatic carbocycles. The largest absolute Gasteiger partial charge is 0.387 e. The quantitative estimate of drug-likeness (QED) is 0.417. The molecule has 2 saturated carbocycles. The van der Waals surface area contributed by atoms with Gasteiger partial charge in [-0.3, -0.25) is 9.20 Å². The average Bonchev–Trinajstić information content (AvgIpc) is 3.44. The molecule has 3 heterocycles. The van der Waals surface area contributed by atoms with Crippen molar-refractivity contribution in [2.45, 2.75) is 56.1 Å². The number of anilines is 1. The molecule has 0 aliphatic heterocycles. The molecule has 1 amide bonds. The minimum atomic E-state index is -1.07. The van der Waals surface area contributed by atoms with Gasteiger partial charge < -0.3 is 20.1 Å². The first kappa shape index (κ1) is 21.0. The van der Waals surface area contributed by atoms with Crippen LogP contribution < -0.4 is 5.32 Å². The van der Waals surface area contributed by atoms with E-state index in [0.29, 0.717) is 60.0 Å². The molecule has 0 bridgehead atoms. The average molecular weight is 460 g/mol. The Morgan fingerprint density at radius 1 is 1.18 bits per heavy atom. The number of nitrogens with zero attached hydrogens (tertiary/aromatic N) is 4. The Kier molecular flexibility index (Phi) is 4.62. The van der Waals surface area contributed by atoms with E-state index in [2.05, 4.69) is 20.4 Å². The Balaban J connectivity index is 1.20. The monoisotopic (exact) mass is 459 g/mol. The van der Waals surface area contributed by atoms with E-state index in [1.807, 2.05) is 43.3 Å². The molecule has 0 unspecified atom stereocenters. The van der Waals surface area contributed by atoms with E-state index >= 15 is 0 Å². The van der Waals surface area contributed by atoms with E-state index in [4.69, 9.17) is 4.52 Å². The number of hydrogen-bond donors (Lipinski definition) is 3. The molecular weight excluding hydrogens is 434 g/mol. The summed E-state index contributed by atoms with van der Waals surface area (Å²) >= 11 is 0. The molecule has 9 heteroatoms. The first-order valence-electron chi connectivity index (χ1n) is 11.5. The number of aliphatic hydroxyl groups is 2. The number of aromatic nitrogens is 4. The van der Waals surface area contributed by atoms with Crippen molar-refractivity contribution < 1.29 is 19.5 Å². The van der Waals surface area contributed by atoms with Crippen LogP contribution in [0.4, 0.5) is 5.69 Å². The molecule has 34 heavy (non-hydrogen) atoms. The van der Waals surface area contributed by atoms with E-state index in [9.17, 15) is 15.0 Å². The summed E-state index contributed by atoms with van der Waals surface area (Å²) in [5, 5.41) is 28.4. The van der Waals surface area contributed by atoms with Gasteiger partial charge in [0.2, 0.25) is 11.7 Å². The summed E-state index contributed by atoms with van der Waals surface area (Å²) in [5.74, 6) is 0.531. The number of benzene rings is 1. The fraction of sp³-hybridized carbons (Fsp3) is 0.360. The topological polar surface area (TPSA) is 126 Å². The lowest BCUT2D eigenvalue weighted by Crippen LogP contribution is -2.64. The van der Waals surface area contributed by atoms with Crippen LogP contribution in [0.15, 0.2) is 53.3 Å². The van der Waals surface area contributed by atoms with Gasteiger partial charge in [-0.2, -0.15) is 4.98 Å². The number of amides is 1. The lowest BCUT2D eigenvalue weighted by Gasteiger charge is -2.56. The summed E-state index contributed by atoms with van der Waals surface area (Å²) in [5.41, 5.74) is 1.34. The SMILES string of the molecule is Cc1ccc(-c2noc(C3CC(O)(C4(O)CCC4)C3)n2)cc1NC(=O)c1cnc2ccccn12. The van der Waals surface area contributed by atoms with Crippen LogP contribution in [0.3, 0.4) is 0 Å². The maximum atomic E-state index is 12.9. The van der Waals surface area contributed by atoms with Gasteiger partial charge in [-0.05, 0) is 62.8 Å². The van der Waals surface area contributed by atoms with E-state index in [1.165, 1.54) is 0 Å². The Hall–Kier alpha value is -3.56. The number of carbonyl (C=O) groups is 1. The van der Waals surface area contributed by atoms with Crippen LogP contribution in [0, 0.1) is 6.92 Å². The third kappa shape index (κ3) is 3.23.